The fraction of sp³-hybridized carbons (Fsp3) is 0.632. The number of amides is 1. The molecule has 1 aliphatic heterocycles. The lowest BCUT2D eigenvalue weighted by Gasteiger charge is -2.31. The molecule has 1 aromatic rings. The number of carbonyl (C=O) groups excluding carboxylic acids is 1. The van der Waals surface area contributed by atoms with Crippen molar-refractivity contribution in [3.8, 4) is 5.75 Å². The zero-order valence-electron chi connectivity index (χ0n) is 14.2. The van der Waals surface area contributed by atoms with Crippen LogP contribution in [0.15, 0.2) is 24.3 Å². The largest absolute Gasteiger partial charge is 0.484 e. The summed E-state index contributed by atoms with van der Waals surface area (Å²) in [5.41, 5.74) is 0. The summed E-state index contributed by atoms with van der Waals surface area (Å²) in [6.45, 7) is 1.82. The highest BCUT2D eigenvalue weighted by Gasteiger charge is 2.45. The van der Waals surface area contributed by atoms with E-state index < -0.39 is 0 Å². The van der Waals surface area contributed by atoms with Gasteiger partial charge in [0.25, 0.3) is 5.91 Å². The molecule has 3 fully saturated rings. The highest BCUT2D eigenvalue weighted by atomic mass is 19.1. The second-order valence-corrected chi connectivity index (χ2v) is 7.12. The standard InChI is InChI=1S/C19H24FNO4/c20-14-3-5-15(6-4-14)24-12-18(22)21-9-10-23-17-8-7-16(21)19(17)25-11-13-1-2-13/h3-6,13,16-17,19H,1-2,7-12H2/t16-,17-,19+/m0/s1. The fourth-order valence-electron chi connectivity index (χ4n) is 3.71. The van der Waals surface area contributed by atoms with Crippen LogP contribution in [-0.4, -0.2) is 55.4 Å². The second-order valence-electron chi connectivity index (χ2n) is 7.12. The molecule has 2 saturated carbocycles. The fourth-order valence-corrected chi connectivity index (χ4v) is 3.71. The number of rotatable bonds is 6. The van der Waals surface area contributed by atoms with E-state index in [4.69, 9.17) is 14.2 Å². The molecule has 0 N–H and O–H groups in total. The average Bonchev–Trinajstić information content (AvgIpc) is 3.36. The number of hydrogen-bond acceptors (Lipinski definition) is 4. The van der Waals surface area contributed by atoms with Crippen LogP contribution in [0.3, 0.4) is 0 Å². The van der Waals surface area contributed by atoms with Crippen molar-refractivity contribution < 1.29 is 23.4 Å². The van der Waals surface area contributed by atoms with Gasteiger partial charge in [-0.05, 0) is 55.9 Å². The minimum absolute atomic E-state index is 0.0297. The first kappa shape index (κ1) is 16.8. The van der Waals surface area contributed by atoms with E-state index in [0.29, 0.717) is 24.8 Å². The summed E-state index contributed by atoms with van der Waals surface area (Å²) >= 11 is 0. The van der Waals surface area contributed by atoms with Crippen molar-refractivity contribution in [3.05, 3.63) is 30.1 Å². The van der Waals surface area contributed by atoms with Crippen LogP contribution in [0.2, 0.25) is 0 Å². The van der Waals surface area contributed by atoms with Gasteiger partial charge in [-0.15, -0.1) is 0 Å². The number of fused-ring (bicyclic) bond motifs is 2. The van der Waals surface area contributed by atoms with Crippen molar-refractivity contribution in [2.45, 2.75) is 43.9 Å². The Bertz CT molecular complexity index is 604. The third-order valence-corrected chi connectivity index (χ3v) is 5.27. The lowest BCUT2D eigenvalue weighted by atomic mass is 10.1. The second kappa shape index (κ2) is 7.30. The quantitative estimate of drug-likeness (QED) is 0.791. The first-order valence-corrected chi connectivity index (χ1v) is 9.12. The van der Waals surface area contributed by atoms with Gasteiger partial charge in [-0.2, -0.15) is 0 Å². The number of benzene rings is 1. The maximum Gasteiger partial charge on any atom is 0.260 e. The Kier molecular flexibility index (Phi) is 4.90. The average molecular weight is 349 g/mol. The zero-order valence-corrected chi connectivity index (χ0v) is 14.2. The molecule has 0 unspecified atom stereocenters. The van der Waals surface area contributed by atoms with Crippen molar-refractivity contribution in [3.63, 3.8) is 0 Å². The highest BCUT2D eigenvalue weighted by Crippen LogP contribution is 2.35. The van der Waals surface area contributed by atoms with Gasteiger partial charge in [-0.3, -0.25) is 4.79 Å². The van der Waals surface area contributed by atoms with Crippen LogP contribution in [0.1, 0.15) is 25.7 Å². The smallest absolute Gasteiger partial charge is 0.260 e. The predicted molar refractivity (Wildman–Crippen MR) is 88.8 cm³/mol. The van der Waals surface area contributed by atoms with Crippen LogP contribution >= 0.6 is 0 Å². The van der Waals surface area contributed by atoms with Gasteiger partial charge in [-0.25, -0.2) is 4.39 Å². The summed E-state index contributed by atoms with van der Waals surface area (Å²) < 4.78 is 30.5. The third-order valence-electron chi connectivity index (χ3n) is 5.27. The van der Waals surface area contributed by atoms with Gasteiger partial charge in [0, 0.05) is 13.2 Å². The molecule has 136 valence electrons. The van der Waals surface area contributed by atoms with E-state index in [2.05, 4.69) is 0 Å². The minimum Gasteiger partial charge on any atom is -0.484 e. The lowest BCUT2D eigenvalue weighted by molar-refractivity contribution is -0.138. The Morgan fingerprint density at radius 1 is 1.20 bits per heavy atom. The maximum atomic E-state index is 12.9. The van der Waals surface area contributed by atoms with E-state index in [9.17, 15) is 9.18 Å². The molecular formula is C19H24FNO4. The Hall–Kier alpha value is -1.66. The van der Waals surface area contributed by atoms with E-state index in [-0.39, 0.29) is 36.6 Å². The molecule has 1 aromatic carbocycles. The van der Waals surface area contributed by atoms with Crippen LogP contribution in [-0.2, 0) is 14.3 Å². The molecule has 6 heteroatoms. The van der Waals surface area contributed by atoms with Crippen molar-refractivity contribution in [1.82, 2.24) is 4.90 Å². The van der Waals surface area contributed by atoms with Gasteiger partial charge in [0.15, 0.2) is 6.61 Å². The number of ether oxygens (including phenoxy) is 3. The topological polar surface area (TPSA) is 48.0 Å². The zero-order chi connectivity index (χ0) is 17.2. The van der Waals surface area contributed by atoms with Crippen LogP contribution in [0.25, 0.3) is 0 Å². The number of halogens is 1. The minimum atomic E-state index is -0.323. The highest BCUT2D eigenvalue weighted by molar-refractivity contribution is 5.78. The van der Waals surface area contributed by atoms with Crippen molar-refractivity contribution in [2.75, 3.05) is 26.4 Å². The van der Waals surface area contributed by atoms with Gasteiger partial charge in [0.1, 0.15) is 17.7 Å². The summed E-state index contributed by atoms with van der Waals surface area (Å²) in [6, 6.07) is 5.77. The Morgan fingerprint density at radius 3 is 2.76 bits per heavy atom. The van der Waals surface area contributed by atoms with Crippen LogP contribution < -0.4 is 4.74 Å². The molecule has 0 aromatic heterocycles. The lowest BCUT2D eigenvalue weighted by Crippen LogP contribution is -2.48. The molecule has 1 heterocycles. The summed E-state index contributed by atoms with van der Waals surface area (Å²) in [6.07, 6.45) is 4.40. The molecule has 2 bridgehead atoms. The molecule has 25 heavy (non-hydrogen) atoms. The monoisotopic (exact) mass is 349 g/mol. The molecule has 3 aliphatic rings. The van der Waals surface area contributed by atoms with Crippen molar-refractivity contribution in [2.24, 2.45) is 5.92 Å². The summed E-state index contributed by atoms with van der Waals surface area (Å²) in [7, 11) is 0. The van der Waals surface area contributed by atoms with Gasteiger partial charge in [0.2, 0.25) is 0 Å². The van der Waals surface area contributed by atoms with Gasteiger partial charge in [0.05, 0.1) is 18.8 Å². The van der Waals surface area contributed by atoms with Gasteiger partial charge < -0.3 is 19.1 Å². The maximum absolute atomic E-state index is 12.9. The van der Waals surface area contributed by atoms with Crippen LogP contribution in [0, 0.1) is 11.7 Å². The molecule has 0 radical (unpaired) electrons. The SMILES string of the molecule is O=C(COc1ccc(F)cc1)N1CCO[C@H]2CC[C@H]1[C@H]2OCC1CC1. The van der Waals surface area contributed by atoms with E-state index >= 15 is 0 Å². The van der Waals surface area contributed by atoms with E-state index in [1.165, 1.54) is 37.1 Å². The van der Waals surface area contributed by atoms with Crippen LogP contribution in [0.4, 0.5) is 4.39 Å². The van der Waals surface area contributed by atoms with Crippen LogP contribution in [0.5, 0.6) is 5.75 Å². The van der Waals surface area contributed by atoms with E-state index in [0.717, 1.165) is 19.4 Å². The number of carbonyl (C=O) groups is 1. The summed E-state index contributed by atoms with van der Waals surface area (Å²) in [4.78, 5) is 14.5. The molecule has 1 saturated heterocycles. The number of hydrogen-bond donors (Lipinski definition) is 0. The van der Waals surface area contributed by atoms with Gasteiger partial charge >= 0.3 is 0 Å². The molecule has 2 aliphatic carbocycles. The molecule has 4 rings (SSSR count). The van der Waals surface area contributed by atoms with E-state index in [1.807, 2.05) is 4.90 Å². The molecule has 0 spiro atoms. The van der Waals surface area contributed by atoms with Crippen molar-refractivity contribution in [1.29, 1.82) is 0 Å². The van der Waals surface area contributed by atoms with Crippen molar-refractivity contribution >= 4 is 5.91 Å². The third kappa shape index (κ3) is 3.96. The summed E-state index contributed by atoms with van der Waals surface area (Å²) in [5.74, 6) is 0.789. The Morgan fingerprint density at radius 2 is 2.00 bits per heavy atom. The Labute approximate surface area is 147 Å². The Balaban J connectivity index is 1.37. The first-order valence-electron chi connectivity index (χ1n) is 9.12. The molecule has 5 nitrogen and oxygen atoms in total. The molecule has 1 amide bonds. The molecule has 3 atom stereocenters. The predicted octanol–water partition coefficient (Wildman–Crippen LogP) is 2.39. The molecular weight excluding hydrogens is 325 g/mol. The van der Waals surface area contributed by atoms with E-state index in [1.54, 1.807) is 0 Å². The first-order chi connectivity index (χ1) is 12.2. The normalized spacial score (nSPS) is 28.7. The number of nitrogens with zero attached hydrogens (tertiary/aromatic N) is 1. The van der Waals surface area contributed by atoms with Gasteiger partial charge in [-0.1, -0.05) is 0 Å². The summed E-state index contributed by atoms with van der Waals surface area (Å²) in [5, 5.41) is 0.